The van der Waals surface area contributed by atoms with Crippen LogP contribution in [0.1, 0.15) is 48.1 Å². The molecule has 1 amide bonds. The Labute approximate surface area is 187 Å². The lowest BCUT2D eigenvalue weighted by Crippen LogP contribution is -2.23. The molecule has 0 radical (unpaired) electrons. The molecule has 0 bridgehead atoms. The molecule has 2 heterocycles. The molecule has 2 aromatic carbocycles. The topological polar surface area (TPSA) is 72.5 Å². The van der Waals surface area contributed by atoms with Gasteiger partial charge < -0.3 is 10.1 Å². The number of nitrogens with one attached hydrogen (secondary N) is 1. The Bertz CT molecular complexity index is 1180. The van der Waals surface area contributed by atoms with Crippen LogP contribution in [-0.4, -0.2) is 20.9 Å². The number of rotatable bonds is 7. The van der Waals surface area contributed by atoms with E-state index in [0.29, 0.717) is 12.3 Å². The van der Waals surface area contributed by atoms with Crippen molar-refractivity contribution in [3.05, 3.63) is 69.9 Å². The smallest absolute Gasteiger partial charge is 0.225 e. The average Bonchev–Trinajstić information content (AvgIpc) is 3.19. The lowest BCUT2D eigenvalue weighted by molar-refractivity contribution is -0.116. The molecule has 3 aromatic rings. The average molecular weight is 456 g/mol. The van der Waals surface area contributed by atoms with Crippen molar-refractivity contribution in [1.29, 1.82) is 0 Å². The highest BCUT2D eigenvalue weighted by atomic mass is 32.2. The summed E-state index contributed by atoms with van der Waals surface area (Å²) in [7, 11) is -3.73. The van der Waals surface area contributed by atoms with E-state index in [1.807, 2.05) is 31.2 Å². The molecule has 0 saturated carbocycles. The van der Waals surface area contributed by atoms with Gasteiger partial charge in [0, 0.05) is 22.6 Å². The predicted molar refractivity (Wildman–Crippen MR) is 123 cm³/mol. The van der Waals surface area contributed by atoms with Crippen LogP contribution in [0.2, 0.25) is 0 Å². The number of amides is 1. The van der Waals surface area contributed by atoms with Gasteiger partial charge >= 0.3 is 0 Å². The first kappa shape index (κ1) is 21.6. The molecule has 1 N–H and O–H groups in total. The lowest BCUT2D eigenvalue weighted by Gasteiger charge is -2.24. The second-order valence-corrected chi connectivity index (χ2v) is 10.6. The molecule has 0 spiro atoms. The lowest BCUT2D eigenvalue weighted by atomic mass is 9.90. The number of sulfone groups is 1. The number of carbonyl (C=O) groups is 1. The quantitative estimate of drug-likeness (QED) is 0.475. The molecular formula is C24H25NO4S2. The van der Waals surface area contributed by atoms with Crippen molar-refractivity contribution in [2.24, 2.45) is 0 Å². The van der Waals surface area contributed by atoms with Gasteiger partial charge in [-0.2, -0.15) is 0 Å². The van der Waals surface area contributed by atoms with E-state index >= 15 is 0 Å². The van der Waals surface area contributed by atoms with Crippen molar-refractivity contribution in [2.45, 2.75) is 48.8 Å². The molecule has 1 aliphatic heterocycles. The number of ether oxygens (including phenoxy) is 1. The van der Waals surface area contributed by atoms with Gasteiger partial charge in [0.1, 0.15) is 10.6 Å². The molecular weight excluding hydrogens is 430 g/mol. The summed E-state index contributed by atoms with van der Waals surface area (Å²) in [6, 6.07) is 14.5. The number of thiophene rings is 1. The highest BCUT2D eigenvalue weighted by Gasteiger charge is 2.34. The van der Waals surface area contributed by atoms with E-state index in [1.165, 1.54) is 11.3 Å². The van der Waals surface area contributed by atoms with E-state index < -0.39 is 9.84 Å². The molecule has 0 aliphatic carbocycles. The van der Waals surface area contributed by atoms with Gasteiger partial charge in [0.2, 0.25) is 15.7 Å². The third-order valence-corrected chi connectivity index (χ3v) is 8.47. The summed E-state index contributed by atoms with van der Waals surface area (Å²) in [6.45, 7) is 4.71. The summed E-state index contributed by atoms with van der Waals surface area (Å²) >= 11 is 1.38. The first-order valence-corrected chi connectivity index (χ1v) is 12.7. The molecule has 5 nitrogen and oxygen atoms in total. The van der Waals surface area contributed by atoms with Gasteiger partial charge in [0.15, 0.2) is 0 Å². The first-order valence-electron chi connectivity index (χ1n) is 10.4. The number of fused-ring (bicyclic) bond motifs is 1. The highest BCUT2D eigenvalue weighted by molar-refractivity contribution is 7.91. The van der Waals surface area contributed by atoms with Crippen LogP contribution in [0.5, 0.6) is 5.75 Å². The standard InChI is InChI=1S/C24H25NO4S2/c1-3-4-13-29-18-9-7-17(8-10-18)20-14-22(26)25-23-21(15-30-24(20)23)31(27,28)19-11-5-16(2)6-12-19/h5-12,15,20H,3-4,13-14H2,1-2H3,(H,25,26)/t20-/m0/s1. The Morgan fingerprint density at radius 2 is 1.81 bits per heavy atom. The van der Waals surface area contributed by atoms with Crippen LogP contribution in [-0.2, 0) is 14.6 Å². The van der Waals surface area contributed by atoms with Crippen molar-refractivity contribution in [3.8, 4) is 5.75 Å². The molecule has 162 valence electrons. The molecule has 0 unspecified atom stereocenters. The van der Waals surface area contributed by atoms with E-state index in [1.54, 1.807) is 29.6 Å². The SMILES string of the molecule is CCCCOc1ccc([C@@H]2CC(=O)Nc3c(S(=O)(=O)c4ccc(C)cc4)csc32)cc1. The van der Waals surface area contributed by atoms with E-state index in [-0.39, 0.29) is 28.0 Å². The number of aryl methyl sites for hydroxylation is 1. The molecule has 0 saturated heterocycles. The summed E-state index contributed by atoms with van der Waals surface area (Å²) in [6.07, 6.45) is 2.36. The Morgan fingerprint density at radius 1 is 1.10 bits per heavy atom. The number of hydrogen-bond acceptors (Lipinski definition) is 5. The second-order valence-electron chi connectivity index (χ2n) is 7.73. The number of hydrogen-bond donors (Lipinski definition) is 1. The van der Waals surface area contributed by atoms with Crippen LogP contribution in [0.4, 0.5) is 5.69 Å². The van der Waals surface area contributed by atoms with Crippen molar-refractivity contribution in [2.75, 3.05) is 11.9 Å². The minimum atomic E-state index is -3.73. The zero-order valence-electron chi connectivity index (χ0n) is 17.6. The number of carbonyl (C=O) groups excluding carboxylic acids is 1. The maximum absolute atomic E-state index is 13.2. The largest absolute Gasteiger partial charge is 0.494 e. The predicted octanol–water partition coefficient (Wildman–Crippen LogP) is 5.54. The summed E-state index contributed by atoms with van der Waals surface area (Å²) in [4.78, 5) is 13.7. The van der Waals surface area contributed by atoms with Crippen LogP contribution < -0.4 is 10.1 Å². The zero-order chi connectivity index (χ0) is 22.0. The van der Waals surface area contributed by atoms with Crippen molar-refractivity contribution in [3.63, 3.8) is 0 Å². The van der Waals surface area contributed by atoms with E-state index in [0.717, 1.165) is 34.6 Å². The highest BCUT2D eigenvalue weighted by Crippen LogP contribution is 2.46. The second kappa shape index (κ2) is 8.85. The van der Waals surface area contributed by atoms with E-state index in [2.05, 4.69) is 12.2 Å². The fourth-order valence-corrected chi connectivity index (χ4v) is 6.55. The molecule has 31 heavy (non-hydrogen) atoms. The Kier molecular flexibility index (Phi) is 6.16. The van der Waals surface area contributed by atoms with Crippen molar-refractivity contribution >= 4 is 32.8 Å². The van der Waals surface area contributed by atoms with Crippen LogP contribution in [0.25, 0.3) is 0 Å². The van der Waals surface area contributed by atoms with Crippen LogP contribution >= 0.6 is 11.3 Å². The Balaban J connectivity index is 1.66. The maximum Gasteiger partial charge on any atom is 0.225 e. The number of anilines is 1. The minimum absolute atomic E-state index is 0.161. The van der Waals surface area contributed by atoms with Gasteiger partial charge in [-0.15, -0.1) is 11.3 Å². The maximum atomic E-state index is 13.2. The molecule has 7 heteroatoms. The summed E-state index contributed by atoms with van der Waals surface area (Å²) in [5, 5.41) is 4.45. The van der Waals surface area contributed by atoms with Crippen LogP contribution in [0.15, 0.2) is 63.7 Å². The molecule has 1 aromatic heterocycles. The van der Waals surface area contributed by atoms with Crippen molar-refractivity contribution < 1.29 is 17.9 Å². The zero-order valence-corrected chi connectivity index (χ0v) is 19.2. The molecule has 0 fully saturated rings. The van der Waals surface area contributed by atoms with Crippen molar-refractivity contribution in [1.82, 2.24) is 0 Å². The Hall–Kier alpha value is -2.64. The fourth-order valence-electron chi connectivity index (χ4n) is 3.65. The third-order valence-electron chi connectivity index (χ3n) is 5.43. The third kappa shape index (κ3) is 4.38. The van der Waals surface area contributed by atoms with Crippen LogP contribution in [0.3, 0.4) is 0 Å². The monoisotopic (exact) mass is 455 g/mol. The van der Waals surface area contributed by atoms with Gasteiger partial charge in [-0.05, 0) is 43.2 Å². The summed E-state index contributed by atoms with van der Waals surface area (Å²) in [5.41, 5.74) is 2.37. The molecule has 4 rings (SSSR count). The molecule has 1 aliphatic rings. The van der Waals surface area contributed by atoms with Gasteiger partial charge in [0.05, 0.1) is 17.2 Å². The van der Waals surface area contributed by atoms with Gasteiger partial charge in [-0.1, -0.05) is 43.2 Å². The molecule has 1 atom stereocenters. The summed E-state index contributed by atoms with van der Waals surface area (Å²) < 4.78 is 32.2. The van der Waals surface area contributed by atoms with Gasteiger partial charge in [-0.3, -0.25) is 4.79 Å². The van der Waals surface area contributed by atoms with Crippen LogP contribution in [0, 0.1) is 6.92 Å². The minimum Gasteiger partial charge on any atom is -0.494 e. The van der Waals surface area contributed by atoms with Gasteiger partial charge in [-0.25, -0.2) is 8.42 Å². The fraction of sp³-hybridized carbons (Fsp3) is 0.292. The summed E-state index contributed by atoms with van der Waals surface area (Å²) in [5.74, 6) is 0.437. The van der Waals surface area contributed by atoms with Gasteiger partial charge in [0.25, 0.3) is 0 Å². The number of unbranched alkanes of at least 4 members (excludes halogenated alkanes) is 1. The first-order chi connectivity index (χ1) is 14.9. The number of benzene rings is 2. The van der Waals surface area contributed by atoms with E-state index in [9.17, 15) is 13.2 Å². The normalized spacial score (nSPS) is 15.9. The van der Waals surface area contributed by atoms with E-state index in [4.69, 9.17) is 4.74 Å². The Morgan fingerprint density at radius 3 is 2.48 bits per heavy atom.